The van der Waals surface area contributed by atoms with E-state index in [0.717, 1.165) is 6.54 Å². The number of likely N-dealkylation sites (N-methyl/N-ethyl adjacent to an activating group) is 1. The SMILES string of the molecule is CC.CCOC(=O)NCCN(C)C. The van der Waals surface area contributed by atoms with Crippen LogP contribution in [-0.4, -0.2) is 44.8 Å². The number of nitrogens with zero attached hydrogens (tertiary/aromatic N) is 1. The van der Waals surface area contributed by atoms with Gasteiger partial charge < -0.3 is 15.0 Å². The molecule has 13 heavy (non-hydrogen) atoms. The molecule has 0 saturated carbocycles. The maximum atomic E-state index is 10.7. The van der Waals surface area contributed by atoms with Crippen LogP contribution in [0.1, 0.15) is 20.8 Å². The maximum Gasteiger partial charge on any atom is 0.407 e. The molecule has 0 rings (SSSR count). The lowest BCUT2D eigenvalue weighted by Crippen LogP contribution is -2.31. The molecule has 0 aliphatic heterocycles. The Morgan fingerprint density at radius 1 is 1.38 bits per heavy atom. The Balaban J connectivity index is 0. The van der Waals surface area contributed by atoms with Gasteiger partial charge in [-0.3, -0.25) is 0 Å². The minimum atomic E-state index is -0.339. The van der Waals surface area contributed by atoms with Crippen LogP contribution in [0.15, 0.2) is 0 Å². The minimum absolute atomic E-state index is 0.339. The molecule has 0 bridgehead atoms. The van der Waals surface area contributed by atoms with Crippen molar-refractivity contribution < 1.29 is 9.53 Å². The fourth-order valence-corrected chi connectivity index (χ4v) is 0.564. The lowest BCUT2D eigenvalue weighted by Gasteiger charge is -2.09. The highest BCUT2D eigenvalue weighted by Crippen LogP contribution is 1.76. The number of nitrogens with one attached hydrogen (secondary N) is 1. The van der Waals surface area contributed by atoms with E-state index in [-0.39, 0.29) is 6.09 Å². The molecule has 4 nitrogen and oxygen atoms in total. The van der Waals surface area contributed by atoms with Crippen molar-refractivity contribution >= 4 is 6.09 Å². The third kappa shape index (κ3) is 14.1. The predicted molar refractivity (Wildman–Crippen MR) is 54.9 cm³/mol. The largest absolute Gasteiger partial charge is 0.450 e. The predicted octanol–water partition coefficient (Wildman–Crippen LogP) is 1.32. The minimum Gasteiger partial charge on any atom is -0.450 e. The fraction of sp³-hybridized carbons (Fsp3) is 0.889. The van der Waals surface area contributed by atoms with Gasteiger partial charge in [0.2, 0.25) is 0 Å². The van der Waals surface area contributed by atoms with Crippen LogP contribution < -0.4 is 5.32 Å². The quantitative estimate of drug-likeness (QED) is 0.727. The molecule has 0 radical (unpaired) electrons. The molecule has 1 amide bonds. The normalized spacial score (nSPS) is 8.77. The number of rotatable bonds is 4. The second kappa shape index (κ2) is 11.2. The Kier molecular flexibility index (Phi) is 12.7. The van der Waals surface area contributed by atoms with Crippen LogP contribution in [-0.2, 0) is 4.74 Å². The molecule has 0 unspecified atom stereocenters. The van der Waals surface area contributed by atoms with Crippen LogP contribution in [0, 0.1) is 0 Å². The number of amides is 1. The topological polar surface area (TPSA) is 41.6 Å². The molecule has 0 aromatic heterocycles. The van der Waals surface area contributed by atoms with Crippen molar-refractivity contribution in [3.05, 3.63) is 0 Å². The first-order valence-electron chi connectivity index (χ1n) is 4.72. The van der Waals surface area contributed by atoms with Gasteiger partial charge in [-0.1, -0.05) is 13.8 Å². The van der Waals surface area contributed by atoms with Crippen LogP contribution in [0.4, 0.5) is 4.79 Å². The summed E-state index contributed by atoms with van der Waals surface area (Å²) >= 11 is 0. The Morgan fingerprint density at radius 2 is 1.92 bits per heavy atom. The Bertz CT molecular complexity index is 116. The molecule has 4 heteroatoms. The van der Waals surface area contributed by atoms with Gasteiger partial charge in [0.05, 0.1) is 6.61 Å². The van der Waals surface area contributed by atoms with E-state index >= 15 is 0 Å². The number of carbonyl (C=O) groups is 1. The standard InChI is InChI=1S/C7H16N2O2.C2H6/c1-4-11-7(10)8-5-6-9(2)3;1-2/h4-6H2,1-3H3,(H,8,10);1-2H3. The van der Waals surface area contributed by atoms with Crippen LogP contribution >= 0.6 is 0 Å². The first-order valence-corrected chi connectivity index (χ1v) is 4.72. The lowest BCUT2D eigenvalue weighted by atomic mass is 10.6. The number of carbonyl (C=O) groups excluding carboxylic acids is 1. The molecular weight excluding hydrogens is 168 g/mol. The Morgan fingerprint density at radius 3 is 2.31 bits per heavy atom. The first-order chi connectivity index (χ1) is 6.16. The summed E-state index contributed by atoms with van der Waals surface area (Å²) in [6.07, 6.45) is -0.339. The van der Waals surface area contributed by atoms with E-state index in [1.165, 1.54) is 0 Å². The van der Waals surface area contributed by atoms with Gasteiger partial charge in [0.15, 0.2) is 0 Å². The molecule has 1 N–H and O–H groups in total. The van der Waals surface area contributed by atoms with Crippen molar-refractivity contribution in [2.45, 2.75) is 20.8 Å². The van der Waals surface area contributed by atoms with Crippen molar-refractivity contribution in [1.29, 1.82) is 0 Å². The van der Waals surface area contributed by atoms with Crippen molar-refractivity contribution in [2.75, 3.05) is 33.8 Å². The summed E-state index contributed by atoms with van der Waals surface area (Å²) in [6, 6.07) is 0. The number of ether oxygens (including phenoxy) is 1. The summed E-state index contributed by atoms with van der Waals surface area (Å²) < 4.78 is 4.66. The zero-order valence-corrected chi connectivity index (χ0v) is 9.39. The first kappa shape index (κ1) is 14.7. The van der Waals surface area contributed by atoms with Gasteiger partial charge in [0.1, 0.15) is 0 Å². The van der Waals surface area contributed by atoms with Crippen LogP contribution in [0.3, 0.4) is 0 Å². The summed E-state index contributed by atoms with van der Waals surface area (Å²) in [5.41, 5.74) is 0. The number of alkyl carbamates (subject to hydrolysis) is 1. The lowest BCUT2D eigenvalue weighted by molar-refractivity contribution is 0.151. The molecule has 0 aromatic carbocycles. The number of hydrogen-bond donors (Lipinski definition) is 1. The van der Waals surface area contributed by atoms with E-state index in [9.17, 15) is 4.79 Å². The van der Waals surface area contributed by atoms with Crippen molar-refractivity contribution in [3.63, 3.8) is 0 Å². The average Bonchev–Trinajstić information content (AvgIpc) is 2.08. The van der Waals surface area contributed by atoms with E-state index in [4.69, 9.17) is 0 Å². The fourth-order valence-electron chi connectivity index (χ4n) is 0.564. The smallest absolute Gasteiger partial charge is 0.407 e. The molecule has 0 aromatic rings. The molecule has 0 heterocycles. The Hall–Kier alpha value is -0.770. The summed E-state index contributed by atoms with van der Waals surface area (Å²) in [6.45, 7) is 7.67. The molecule has 0 aliphatic rings. The zero-order valence-electron chi connectivity index (χ0n) is 9.39. The van der Waals surface area contributed by atoms with E-state index in [2.05, 4.69) is 10.1 Å². The average molecular weight is 190 g/mol. The summed E-state index contributed by atoms with van der Waals surface area (Å²) in [5.74, 6) is 0. The second-order valence-corrected chi connectivity index (χ2v) is 2.45. The summed E-state index contributed by atoms with van der Waals surface area (Å²) in [7, 11) is 3.90. The third-order valence-corrected chi connectivity index (χ3v) is 1.10. The van der Waals surface area contributed by atoms with Gasteiger partial charge in [-0.2, -0.15) is 0 Å². The molecule has 0 spiro atoms. The van der Waals surface area contributed by atoms with Crippen LogP contribution in [0.25, 0.3) is 0 Å². The third-order valence-electron chi connectivity index (χ3n) is 1.10. The van der Waals surface area contributed by atoms with Crippen molar-refractivity contribution in [2.24, 2.45) is 0 Å². The monoisotopic (exact) mass is 190 g/mol. The van der Waals surface area contributed by atoms with Gasteiger partial charge in [-0.05, 0) is 21.0 Å². The van der Waals surface area contributed by atoms with Crippen molar-refractivity contribution in [3.8, 4) is 0 Å². The van der Waals surface area contributed by atoms with Gasteiger partial charge in [-0.25, -0.2) is 4.79 Å². The molecule has 0 atom stereocenters. The van der Waals surface area contributed by atoms with E-state index in [1.54, 1.807) is 6.92 Å². The molecular formula is C9H22N2O2. The van der Waals surface area contributed by atoms with E-state index < -0.39 is 0 Å². The maximum absolute atomic E-state index is 10.7. The molecule has 0 saturated heterocycles. The molecule has 80 valence electrons. The van der Waals surface area contributed by atoms with E-state index in [0.29, 0.717) is 13.2 Å². The van der Waals surface area contributed by atoms with E-state index in [1.807, 2.05) is 32.8 Å². The highest BCUT2D eigenvalue weighted by Gasteiger charge is 1.97. The number of hydrogen-bond acceptors (Lipinski definition) is 3. The highest BCUT2D eigenvalue weighted by atomic mass is 16.5. The van der Waals surface area contributed by atoms with Gasteiger partial charge in [0, 0.05) is 13.1 Å². The Labute approximate surface area is 81.2 Å². The molecule has 0 aliphatic carbocycles. The second-order valence-electron chi connectivity index (χ2n) is 2.45. The van der Waals surface area contributed by atoms with Gasteiger partial charge >= 0.3 is 6.09 Å². The summed E-state index contributed by atoms with van der Waals surface area (Å²) in [4.78, 5) is 12.7. The summed E-state index contributed by atoms with van der Waals surface area (Å²) in [5, 5.41) is 2.61. The van der Waals surface area contributed by atoms with Crippen molar-refractivity contribution in [1.82, 2.24) is 10.2 Å². The van der Waals surface area contributed by atoms with Crippen LogP contribution in [0.2, 0.25) is 0 Å². The van der Waals surface area contributed by atoms with Gasteiger partial charge in [0.25, 0.3) is 0 Å². The zero-order chi connectivity index (χ0) is 10.7. The molecule has 0 fully saturated rings. The highest BCUT2D eigenvalue weighted by molar-refractivity contribution is 5.66. The van der Waals surface area contributed by atoms with Gasteiger partial charge in [-0.15, -0.1) is 0 Å². The van der Waals surface area contributed by atoms with Crippen LogP contribution in [0.5, 0.6) is 0 Å².